The molecule has 16 heavy (non-hydrogen) atoms. The van der Waals surface area contributed by atoms with Gasteiger partial charge in [-0.25, -0.2) is 0 Å². The zero-order chi connectivity index (χ0) is 13.3. The van der Waals surface area contributed by atoms with Gasteiger partial charge in [-0.15, -0.1) is 0 Å². The van der Waals surface area contributed by atoms with Crippen molar-refractivity contribution in [2.75, 3.05) is 28.2 Å². The van der Waals surface area contributed by atoms with E-state index in [9.17, 15) is 0 Å². The van der Waals surface area contributed by atoms with Gasteiger partial charge in [0.15, 0.2) is 8.32 Å². The minimum atomic E-state index is -1.61. The average molecular weight is 271 g/mol. The number of nitrogens with one attached hydrogen (secondary N) is 1. The van der Waals surface area contributed by atoms with Crippen molar-refractivity contribution in [2.24, 2.45) is 0 Å². The third kappa shape index (κ3) is 63.9. The quantitative estimate of drug-likeness (QED) is 0.704. The van der Waals surface area contributed by atoms with Crippen LogP contribution in [0.2, 0.25) is 39.3 Å². The van der Waals surface area contributed by atoms with Crippen LogP contribution in [-0.4, -0.2) is 59.6 Å². The minimum absolute atomic E-state index is 0. The fourth-order valence-corrected chi connectivity index (χ4v) is 0. The monoisotopic (exact) mass is 270 g/mol. The predicted molar refractivity (Wildman–Crippen MR) is 81.2 cm³/mol. The summed E-state index contributed by atoms with van der Waals surface area (Å²) >= 11 is 0. The molecule has 0 aromatic carbocycles. The number of hydrogen-bond donors (Lipinski definition) is 2. The Morgan fingerprint density at radius 1 is 0.875 bits per heavy atom. The first-order chi connectivity index (χ1) is 6.36. The molecule has 0 heterocycles. The lowest BCUT2D eigenvalue weighted by molar-refractivity contribution is 0.561. The van der Waals surface area contributed by atoms with E-state index in [4.69, 9.17) is 4.80 Å². The SMILES string of the molecule is CN(C)[Si](C)(C)C.CNC.C[Si](C)(C)O.O. The van der Waals surface area contributed by atoms with Gasteiger partial charge >= 0.3 is 0 Å². The zero-order valence-corrected chi connectivity index (χ0v) is 14.9. The number of nitrogens with zero attached hydrogens (tertiary/aromatic N) is 1. The van der Waals surface area contributed by atoms with E-state index in [0.717, 1.165) is 0 Å². The van der Waals surface area contributed by atoms with Gasteiger partial charge in [0, 0.05) is 0 Å². The molecule has 0 aromatic rings. The molecule has 0 rings (SSSR count). The van der Waals surface area contributed by atoms with Gasteiger partial charge in [-0.3, -0.25) is 0 Å². The van der Waals surface area contributed by atoms with Crippen molar-refractivity contribution in [2.45, 2.75) is 39.3 Å². The Hall–Kier alpha value is 0.274. The Kier molecular flexibility index (Phi) is 18.5. The van der Waals surface area contributed by atoms with E-state index in [-0.39, 0.29) is 5.48 Å². The summed E-state index contributed by atoms with van der Waals surface area (Å²) in [4.78, 5) is 8.66. The summed E-state index contributed by atoms with van der Waals surface area (Å²) in [6.45, 7) is 12.6. The van der Waals surface area contributed by atoms with Gasteiger partial charge < -0.3 is 20.2 Å². The normalized spacial score (nSPS) is 10.5. The second-order valence-electron chi connectivity index (χ2n) is 5.74. The standard InChI is InChI=1S/C5H15NSi.C3H10OSi.C2H7N.H2O/c1-6(2)7(3,4)5;1-5(2,3)4;1-3-2;/h1-5H3;4H,1-3H3;3H,1-2H3;1H2. The topological polar surface area (TPSA) is 67.0 Å². The maximum absolute atomic E-state index is 8.66. The largest absolute Gasteiger partial charge is 0.433 e. The summed E-state index contributed by atoms with van der Waals surface area (Å²) in [5, 5.41) is 2.75. The number of hydrogen-bond acceptors (Lipinski definition) is 3. The minimum Gasteiger partial charge on any atom is -0.433 e. The lowest BCUT2D eigenvalue weighted by atomic mass is 11.3. The van der Waals surface area contributed by atoms with E-state index in [1.807, 2.05) is 33.7 Å². The highest BCUT2D eigenvalue weighted by Gasteiger charge is 2.14. The Bertz CT molecular complexity index is 126. The van der Waals surface area contributed by atoms with Crippen LogP contribution in [0.1, 0.15) is 0 Å². The summed E-state index contributed by atoms with van der Waals surface area (Å²) in [6, 6.07) is 0. The van der Waals surface area contributed by atoms with Crippen LogP contribution >= 0.6 is 0 Å². The molecule has 0 bridgehead atoms. The lowest BCUT2D eigenvalue weighted by Gasteiger charge is -2.24. The molecule has 0 aromatic heterocycles. The first kappa shape index (κ1) is 25.2. The maximum Gasteiger partial charge on any atom is 0.179 e. The third-order valence-electron chi connectivity index (χ3n) is 1.34. The van der Waals surface area contributed by atoms with Crippen molar-refractivity contribution >= 4 is 16.6 Å². The van der Waals surface area contributed by atoms with Crippen LogP contribution in [0, 0.1) is 0 Å². The second kappa shape index (κ2) is 11.8. The molecule has 0 aliphatic carbocycles. The molecule has 0 saturated carbocycles. The van der Waals surface area contributed by atoms with E-state index in [1.54, 1.807) is 0 Å². The van der Waals surface area contributed by atoms with E-state index < -0.39 is 16.6 Å². The first-order valence-electron chi connectivity index (χ1n) is 5.34. The van der Waals surface area contributed by atoms with Gasteiger partial charge in [0.2, 0.25) is 0 Å². The van der Waals surface area contributed by atoms with E-state index in [0.29, 0.717) is 0 Å². The molecule has 0 saturated heterocycles. The highest BCUT2D eigenvalue weighted by Crippen LogP contribution is 2.01. The van der Waals surface area contributed by atoms with E-state index in [1.165, 1.54) is 0 Å². The van der Waals surface area contributed by atoms with Crippen LogP contribution in [0.4, 0.5) is 0 Å². The van der Waals surface area contributed by atoms with Crippen molar-refractivity contribution in [3.8, 4) is 0 Å². The summed E-state index contributed by atoms with van der Waals surface area (Å²) in [5.41, 5.74) is 0. The van der Waals surface area contributed by atoms with E-state index >= 15 is 0 Å². The summed E-state index contributed by atoms with van der Waals surface area (Å²) in [6.07, 6.45) is 0. The molecule has 0 atom stereocenters. The maximum atomic E-state index is 8.66. The van der Waals surface area contributed by atoms with Gasteiger partial charge in [0.05, 0.1) is 0 Å². The van der Waals surface area contributed by atoms with Crippen LogP contribution < -0.4 is 5.32 Å². The Morgan fingerprint density at radius 2 is 0.938 bits per heavy atom. The van der Waals surface area contributed by atoms with E-state index in [2.05, 4.69) is 43.6 Å². The fraction of sp³-hybridized carbons (Fsp3) is 1.00. The molecule has 6 heteroatoms. The summed E-state index contributed by atoms with van der Waals surface area (Å²) in [5.74, 6) is 0. The summed E-state index contributed by atoms with van der Waals surface area (Å²) < 4.78 is 2.33. The highest BCUT2D eigenvalue weighted by atomic mass is 28.4. The molecule has 0 fully saturated rings. The van der Waals surface area contributed by atoms with Crippen molar-refractivity contribution in [3.63, 3.8) is 0 Å². The Labute approximate surface area is 105 Å². The van der Waals surface area contributed by atoms with Gasteiger partial charge in [-0.05, 0) is 47.8 Å². The molecule has 0 aliphatic rings. The predicted octanol–water partition coefficient (Wildman–Crippen LogP) is 1.21. The molecule has 104 valence electrons. The van der Waals surface area contributed by atoms with Crippen LogP contribution in [0.5, 0.6) is 0 Å². The number of rotatable bonds is 1. The van der Waals surface area contributed by atoms with Crippen LogP contribution in [-0.2, 0) is 0 Å². The molecule has 4 nitrogen and oxygen atoms in total. The molecule has 4 N–H and O–H groups in total. The molecule has 0 radical (unpaired) electrons. The molecule has 0 unspecified atom stereocenters. The molecule has 0 aliphatic heterocycles. The molecular formula is C10H34N2O2Si2. The van der Waals surface area contributed by atoms with Crippen LogP contribution in [0.25, 0.3) is 0 Å². The molecular weight excluding hydrogens is 236 g/mol. The third-order valence-corrected chi connectivity index (χ3v) is 4.02. The Balaban J connectivity index is -0.0000000710. The fourth-order valence-electron chi connectivity index (χ4n) is 0. The smallest absolute Gasteiger partial charge is 0.179 e. The first-order valence-corrected chi connectivity index (χ1v) is 12.2. The van der Waals surface area contributed by atoms with Crippen molar-refractivity contribution in [1.82, 2.24) is 9.88 Å². The van der Waals surface area contributed by atoms with Gasteiger partial charge in [-0.1, -0.05) is 19.6 Å². The lowest BCUT2D eigenvalue weighted by Crippen LogP contribution is -2.39. The van der Waals surface area contributed by atoms with Gasteiger partial charge in [0.1, 0.15) is 8.24 Å². The Morgan fingerprint density at radius 3 is 0.938 bits per heavy atom. The highest BCUT2D eigenvalue weighted by molar-refractivity contribution is 6.73. The van der Waals surface area contributed by atoms with Gasteiger partial charge in [-0.2, -0.15) is 0 Å². The van der Waals surface area contributed by atoms with Crippen molar-refractivity contribution in [1.29, 1.82) is 0 Å². The van der Waals surface area contributed by atoms with Crippen LogP contribution in [0.15, 0.2) is 0 Å². The summed E-state index contributed by atoms with van der Waals surface area (Å²) in [7, 11) is 5.53. The average Bonchev–Trinajstić information content (AvgIpc) is 1.81. The van der Waals surface area contributed by atoms with Crippen molar-refractivity contribution < 1.29 is 10.3 Å². The van der Waals surface area contributed by atoms with Gasteiger partial charge in [0.25, 0.3) is 0 Å². The molecule has 0 amide bonds. The second-order valence-corrected chi connectivity index (χ2v) is 15.3. The zero-order valence-electron chi connectivity index (χ0n) is 12.9. The van der Waals surface area contributed by atoms with Crippen molar-refractivity contribution in [3.05, 3.63) is 0 Å². The molecule has 0 spiro atoms. The van der Waals surface area contributed by atoms with Crippen LogP contribution in [0.3, 0.4) is 0 Å².